The SMILES string of the molecule is CCNCc1cnn(Cc2ccn(C3CCCC3)n2)c1. The predicted molar refractivity (Wildman–Crippen MR) is 78.4 cm³/mol. The van der Waals surface area contributed by atoms with Crippen LogP contribution in [0.1, 0.15) is 49.9 Å². The van der Waals surface area contributed by atoms with Gasteiger partial charge in [0.1, 0.15) is 0 Å². The number of nitrogens with zero attached hydrogens (tertiary/aromatic N) is 4. The fourth-order valence-corrected chi connectivity index (χ4v) is 2.85. The highest BCUT2D eigenvalue weighted by Gasteiger charge is 2.17. The molecule has 0 amide bonds. The topological polar surface area (TPSA) is 47.7 Å². The molecule has 1 N–H and O–H groups in total. The molecule has 3 rings (SSSR count). The molecular weight excluding hydrogens is 250 g/mol. The first kappa shape index (κ1) is 13.4. The normalized spacial score (nSPS) is 16.1. The van der Waals surface area contributed by atoms with E-state index in [9.17, 15) is 0 Å². The van der Waals surface area contributed by atoms with Crippen molar-refractivity contribution in [1.82, 2.24) is 24.9 Å². The minimum absolute atomic E-state index is 0.616. The molecule has 20 heavy (non-hydrogen) atoms. The third-order valence-electron chi connectivity index (χ3n) is 3.95. The van der Waals surface area contributed by atoms with E-state index >= 15 is 0 Å². The molecule has 0 unspecified atom stereocenters. The first-order valence-electron chi connectivity index (χ1n) is 7.61. The maximum atomic E-state index is 4.70. The molecule has 2 aromatic rings. The summed E-state index contributed by atoms with van der Waals surface area (Å²) in [5, 5.41) is 12.4. The van der Waals surface area contributed by atoms with Crippen molar-refractivity contribution < 1.29 is 0 Å². The van der Waals surface area contributed by atoms with Crippen LogP contribution in [-0.2, 0) is 13.1 Å². The van der Waals surface area contributed by atoms with Crippen molar-refractivity contribution in [2.75, 3.05) is 6.54 Å². The Kier molecular flexibility index (Phi) is 4.16. The van der Waals surface area contributed by atoms with E-state index in [-0.39, 0.29) is 0 Å². The summed E-state index contributed by atoms with van der Waals surface area (Å²) in [6.07, 6.45) is 11.4. The Hall–Kier alpha value is -1.62. The van der Waals surface area contributed by atoms with Gasteiger partial charge in [-0.2, -0.15) is 10.2 Å². The van der Waals surface area contributed by atoms with Gasteiger partial charge in [0.2, 0.25) is 0 Å². The zero-order chi connectivity index (χ0) is 13.8. The first-order chi connectivity index (χ1) is 9.85. The highest BCUT2D eigenvalue weighted by molar-refractivity contribution is 5.06. The standard InChI is InChI=1S/C15H23N5/c1-2-16-9-13-10-17-19(11-13)12-14-7-8-20(18-14)15-5-3-4-6-15/h7-8,10-11,15-16H,2-6,9,12H2,1H3. The van der Waals surface area contributed by atoms with E-state index in [1.54, 1.807) is 0 Å². The Morgan fingerprint density at radius 2 is 2.20 bits per heavy atom. The highest BCUT2D eigenvalue weighted by atomic mass is 15.3. The molecule has 1 fully saturated rings. The lowest BCUT2D eigenvalue weighted by Gasteiger charge is -2.08. The number of nitrogens with one attached hydrogen (secondary N) is 1. The zero-order valence-electron chi connectivity index (χ0n) is 12.1. The van der Waals surface area contributed by atoms with Crippen LogP contribution in [0.15, 0.2) is 24.7 Å². The lowest BCUT2D eigenvalue weighted by atomic mass is 10.3. The molecular formula is C15H23N5. The van der Waals surface area contributed by atoms with Crippen molar-refractivity contribution in [1.29, 1.82) is 0 Å². The predicted octanol–water partition coefficient (Wildman–Crippen LogP) is 2.35. The van der Waals surface area contributed by atoms with Gasteiger partial charge in [-0.1, -0.05) is 19.8 Å². The van der Waals surface area contributed by atoms with E-state index in [4.69, 9.17) is 5.10 Å². The summed E-state index contributed by atoms with van der Waals surface area (Å²) in [6, 6.07) is 2.73. The fraction of sp³-hybridized carbons (Fsp3) is 0.600. The number of hydrogen-bond donors (Lipinski definition) is 1. The zero-order valence-corrected chi connectivity index (χ0v) is 12.1. The molecule has 2 heterocycles. The van der Waals surface area contributed by atoms with Gasteiger partial charge in [-0.3, -0.25) is 9.36 Å². The minimum Gasteiger partial charge on any atom is -0.313 e. The summed E-state index contributed by atoms with van der Waals surface area (Å²) >= 11 is 0. The quantitative estimate of drug-likeness (QED) is 0.879. The van der Waals surface area contributed by atoms with Crippen molar-refractivity contribution in [3.05, 3.63) is 35.9 Å². The first-order valence-corrected chi connectivity index (χ1v) is 7.61. The highest BCUT2D eigenvalue weighted by Crippen LogP contribution is 2.28. The lowest BCUT2D eigenvalue weighted by Crippen LogP contribution is -2.11. The number of aromatic nitrogens is 4. The third-order valence-corrected chi connectivity index (χ3v) is 3.95. The van der Waals surface area contributed by atoms with E-state index in [1.807, 2.05) is 10.9 Å². The van der Waals surface area contributed by atoms with Crippen LogP contribution < -0.4 is 5.32 Å². The van der Waals surface area contributed by atoms with Crippen molar-refractivity contribution in [2.24, 2.45) is 0 Å². The van der Waals surface area contributed by atoms with Crippen LogP contribution in [0, 0.1) is 0 Å². The van der Waals surface area contributed by atoms with Crippen molar-refractivity contribution >= 4 is 0 Å². The molecule has 1 aliphatic carbocycles. The van der Waals surface area contributed by atoms with Gasteiger partial charge >= 0.3 is 0 Å². The molecule has 0 aliphatic heterocycles. The Balaban J connectivity index is 1.61. The molecule has 0 aromatic carbocycles. The second-order valence-corrected chi connectivity index (χ2v) is 5.55. The largest absolute Gasteiger partial charge is 0.313 e. The Morgan fingerprint density at radius 3 is 3.00 bits per heavy atom. The Bertz CT molecular complexity index is 536. The summed E-state index contributed by atoms with van der Waals surface area (Å²) in [5.41, 5.74) is 2.32. The molecule has 0 radical (unpaired) electrons. The summed E-state index contributed by atoms with van der Waals surface area (Å²) in [5.74, 6) is 0. The van der Waals surface area contributed by atoms with Gasteiger partial charge in [0.25, 0.3) is 0 Å². The van der Waals surface area contributed by atoms with Gasteiger partial charge in [-0.15, -0.1) is 0 Å². The average Bonchev–Trinajstić information content (AvgIpc) is 3.18. The molecule has 108 valence electrons. The van der Waals surface area contributed by atoms with Crippen molar-refractivity contribution in [2.45, 2.75) is 51.7 Å². The fourth-order valence-electron chi connectivity index (χ4n) is 2.85. The van der Waals surface area contributed by atoms with Gasteiger partial charge < -0.3 is 5.32 Å². The van der Waals surface area contributed by atoms with Crippen molar-refractivity contribution in [3.63, 3.8) is 0 Å². The molecule has 0 atom stereocenters. The molecule has 0 spiro atoms. The van der Waals surface area contributed by atoms with Gasteiger partial charge in [0, 0.05) is 24.5 Å². The summed E-state index contributed by atoms with van der Waals surface area (Å²) in [4.78, 5) is 0. The van der Waals surface area contributed by atoms with E-state index in [0.29, 0.717) is 6.04 Å². The molecule has 1 aliphatic rings. The van der Waals surface area contributed by atoms with Crippen LogP contribution in [0.5, 0.6) is 0 Å². The van der Waals surface area contributed by atoms with Gasteiger partial charge in [-0.25, -0.2) is 0 Å². The minimum atomic E-state index is 0.616. The monoisotopic (exact) mass is 273 g/mol. The van der Waals surface area contributed by atoms with E-state index < -0.39 is 0 Å². The van der Waals surface area contributed by atoms with Gasteiger partial charge in [0.05, 0.1) is 24.5 Å². The van der Waals surface area contributed by atoms with E-state index in [0.717, 1.165) is 25.3 Å². The molecule has 5 heteroatoms. The lowest BCUT2D eigenvalue weighted by molar-refractivity contribution is 0.460. The Labute approximate surface area is 120 Å². The molecule has 1 saturated carbocycles. The molecule has 0 saturated heterocycles. The van der Waals surface area contributed by atoms with Crippen LogP contribution in [0.2, 0.25) is 0 Å². The maximum Gasteiger partial charge on any atom is 0.0849 e. The third kappa shape index (κ3) is 3.10. The molecule has 5 nitrogen and oxygen atoms in total. The van der Waals surface area contributed by atoms with Gasteiger partial charge in [-0.05, 0) is 25.5 Å². The second kappa shape index (κ2) is 6.22. The summed E-state index contributed by atoms with van der Waals surface area (Å²) in [7, 11) is 0. The summed E-state index contributed by atoms with van der Waals surface area (Å²) < 4.78 is 4.11. The smallest absolute Gasteiger partial charge is 0.0849 e. The number of rotatable bonds is 6. The van der Waals surface area contributed by atoms with Crippen LogP contribution in [0.4, 0.5) is 0 Å². The Morgan fingerprint density at radius 1 is 1.35 bits per heavy atom. The summed E-state index contributed by atoms with van der Waals surface area (Å²) in [6.45, 7) is 4.73. The van der Waals surface area contributed by atoms with E-state index in [2.05, 4.69) is 40.5 Å². The molecule has 2 aromatic heterocycles. The van der Waals surface area contributed by atoms with Gasteiger partial charge in [0.15, 0.2) is 0 Å². The van der Waals surface area contributed by atoms with Crippen LogP contribution in [0.25, 0.3) is 0 Å². The van der Waals surface area contributed by atoms with Crippen LogP contribution in [-0.4, -0.2) is 26.1 Å². The van der Waals surface area contributed by atoms with E-state index in [1.165, 1.54) is 31.2 Å². The average molecular weight is 273 g/mol. The van der Waals surface area contributed by atoms with Crippen molar-refractivity contribution in [3.8, 4) is 0 Å². The van der Waals surface area contributed by atoms with Crippen LogP contribution in [0.3, 0.4) is 0 Å². The number of hydrogen-bond acceptors (Lipinski definition) is 3. The maximum absolute atomic E-state index is 4.70. The van der Waals surface area contributed by atoms with Crippen LogP contribution >= 0.6 is 0 Å². The second-order valence-electron chi connectivity index (χ2n) is 5.55. The molecule has 0 bridgehead atoms.